The minimum atomic E-state index is -0.262. The summed E-state index contributed by atoms with van der Waals surface area (Å²) in [7, 11) is 0. The average molecular weight is 168 g/mol. The molecule has 2 aliphatic rings. The van der Waals surface area contributed by atoms with Gasteiger partial charge in [0.25, 0.3) is 0 Å². The molecule has 1 heteroatoms. The topological polar surface area (TPSA) is 20.2 Å². The Bertz CT molecular complexity index is 162. The molecule has 2 fully saturated rings. The molecule has 0 heterocycles. The largest absolute Gasteiger partial charge is 0.390 e. The third-order valence-corrected chi connectivity index (χ3v) is 3.55. The van der Waals surface area contributed by atoms with Crippen molar-refractivity contribution in [2.45, 2.75) is 57.5 Å². The summed E-state index contributed by atoms with van der Waals surface area (Å²) in [5.41, 5.74) is -0.262. The molecule has 0 aliphatic heterocycles. The van der Waals surface area contributed by atoms with Gasteiger partial charge in [0.05, 0.1) is 5.60 Å². The van der Waals surface area contributed by atoms with Crippen molar-refractivity contribution in [2.24, 2.45) is 11.8 Å². The molecular formula is C11H20O. The predicted molar refractivity (Wildman–Crippen MR) is 49.9 cm³/mol. The third kappa shape index (κ3) is 2.01. The van der Waals surface area contributed by atoms with Crippen LogP contribution in [0.25, 0.3) is 0 Å². The fraction of sp³-hybridized carbons (Fsp3) is 1.00. The Labute approximate surface area is 75.2 Å². The second kappa shape index (κ2) is 3.02. The molecule has 1 N–H and O–H groups in total. The van der Waals surface area contributed by atoms with E-state index in [0.29, 0.717) is 0 Å². The maximum atomic E-state index is 10.1. The summed E-state index contributed by atoms with van der Waals surface area (Å²) in [5, 5.41) is 10.1. The zero-order valence-electron chi connectivity index (χ0n) is 8.05. The highest BCUT2D eigenvalue weighted by Crippen LogP contribution is 2.41. The highest BCUT2D eigenvalue weighted by molar-refractivity contribution is 4.89. The van der Waals surface area contributed by atoms with Crippen molar-refractivity contribution in [1.82, 2.24) is 0 Å². The van der Waals surface area contributed by atoms with E-state index in [1.807, 2.05) is 0 Å². The Morgan fingerprint density at radius 1 is 1.33 bits per heavy atom. The summed E-state index contributed by atoms with van der Waals surface area (Å²) in [6.45, 7) is 2.26. The minimum Gasteiger partial charge on any atom is -0.390 e. The van der Waals surface area contributed by atoms with Crippen molar-refractivity contribution >= 4 is 0 Å². The Balaban J connectivity index is 1.76. The second-order valence-electron chi connectivity index (χ2n) is 5.05. The molecule has 0 radical (unpaired) electrons. The first-order chi connectivity index (χ1) is 5.68. The lowest BCUT2D eigenvalue weighted by molar-refractivity contribution is 0.0319. The monoisotopic (exact) mass is 168 g/mol. The van der Waals surface area contributed by atoms with Crippen molar-refractivity contribution in [3.05, 3.63) is 0 Å². The van der Waals surface area contributed by atoms with Crippen LogP contribution in [0.5, 0.6) is 0 Å². The summed E-state index contributed by atoms with van der Waals surface area (Å²) in [6.07, 6.45) is 8.55. The maximum Gasteiger partial charge on any atom is 0.0650 e. The first-order valence-electron chi connectivity index (χ1n) is 5.40. The predicted octanol–water partition coefficient (Wildman–Crippen LogP) is 2.73. The van der Waals surface area contributed by atoms with Crippen molar-refractivity contribution in [3.8, 4) is 0 Å². The molecule has 12 heavy (non-hydrogen) atoms. The van der Waals surface area contributed by atoms with Crippen LogP contribution in [-0.2, 0) is 0 Å². The fourth-order valence-corrected chi connectivity index (χ4v) is 2.47. The molecule has 0 saturated heterocycles. The van der Waals surface area contributed by atoms with Crippen LogP contribution in [0.15, 0.2) is 0 Å². The molecule has 0 aromatic heterocycles. The van der Waals surface area contributed by atoms with Crippen molar-refractivity contribution in [2.75, 3.05) is 0 Å². The van der Waals surface area contributed by atoms with Crippen LogP contribution >= 0.6 is 0 Å². The van der Waals surface area contributed by atoms with E-state index >= 15 is 0 Å². The van der Waals surface area contributed by atoms with Crippen LogP contribution in [-0.4, -0.2) is 10.7 Å². The summed E-state index contributed by atoms with van der Waals surface area (Å²) >= 11 is 0. The fourth-order valence-electron chi connectivity index (χ4n) is 2.47. The number of rotatable bonds is 3. The van der Waals surface area contributed by atoms with E-state index in [1.54, 1.807) is 0 Å². The molecular weight excluding hydrogens is 148 g/mol. The van der Waals surface area contributed by atoms with Crippen LogP contribution in [0.2, 0.25) is 0 Å². The molecule has 0 aromatic carbocycles. The van der Waals surface area contributed by atoms with Gasteiger partial charge < -0.3 is 5.11 Å². The lowest BCUT2D eigenvalue weighted by Crippen LogP contribution is -2.24. The van der Waals surface area contributed by atoms with Crippen LogP contribution < -0.4 is 0 Å². The first kappa shape index (κ1) is 8.55. The first-order valence-corrected chi connectivity index (χ1v) is 5.40. The molecule has 70 valence electrons. The quantitative estimate of drug-likeness (QED) is 0.687. The van der Waals surface area contributed by atoms with Crippen molar-refractivity contribution in [3.63, 3.8) is 0 Å². The standard InChI is InChI=1S/C11H20O/c1-9-4-6-11(12,8-9)7-5-10-2-3-10/h9-10,12H,2-8H2,1H3. The van der Waals surface area contributed by atoms with E-state index in [2.05, 4.69) is 6.92 Å². The third-order valence-electron chi connectivity index (χ3n) is 3.55. The Hall–Kier alpha value is -0.0400. The highest BCUT2D eigenvalue weighted by atomic mass is 16.3. The normalized spacial score (nSPS) is 42.0. The van der Waals surface area contributed by atoms with Gasteiger partial charge in [-0.3, -0.25) is 0 Å². The number of hydrogen-bond acceptors (Lipinski definition) is 1. The maximum absolute atomic E-state index is 10.1. The average Bonchev–Trinajstić information content (AvgIpc) is 2.77. The Morgan fingerprint density at radius 2 is 2.08 bits per heavy atom. The van der Waals surface area contributed by atoms with Gasteiger partial charge >= 0.3 is 0 Å². The van der Waals surface area contributed by atoms with Crippen molar-refractivity contribution < 1.29 is 5.11 Å². The SMILES string of the molecule is CC1CCC(O)(CCC2CC2)C1. The van der Waals surface area contributed by atoms with Gasteiger partial charge in [-0.15, -0.1) is 0 Å². The van der Waals surface area contributed by atoms with Crippen molar-refractivity contribution in [1.29, 1.82) is 0 Å². The van der Waals surface area contributed by atoms with E-state index in [0.717, 1.165) is 31.1 Å². The van der Waals surface area contributed by atoms with Gasteiger partial charge in [0.2, 0.25) is 0 Å². The summed E-state index contributed by atoms with van der Waals surface area (Å²) in [4.78, 5) is 0. The lowest BCUT2D eigenvalue weighted by atomic mass is 9.93. The molecule has 0 amide bonds. The zero-order chi connectivity index (χ0) is 8.60. The molecule has 2 rings (SSSR count). The van der Waals surface area contributed by atoms with E-state index in [4.69, 9.17) is 0 Å². The van der Waals surface area contributed by atoms with Gasteiger partial charge in [-0.25, -0.2) is 0 Å². The minimum absolute atomic E-state index is 0.262. The summed E-state index contributed by atoms with van der Waals surface area (Å²) in [5.74, 6) is 1.74. The van der Waals surface area contributed by atoms with Crippen LogP contribution in [0.3, 0.4) is 0 Å². The van der Waals surface area contributed by atoms with E-state index in [1.165, 1.54) is 25.7 Å². The molecule has 0 spiro atoms. The van der Waals surface area contributed by atoms with Gasteiger partial charge in [-0.05, 0) is 43.9 Å². The molecule has 0 aromatic rings. The molecule has 0 bridgehead atoms. The molecule has 1 nitrogen and oxygen atoms in total. The molecule has 2 unspecified atom stereocenters. The molecule has 2 saturated carbocycles. The molecule has 2 aliphatic carbocycles. The van der Waals surface area contributed by atoms with E-state index in [-0.39, 0.29) is 5.60 Å². The van der Waals surface area contributed by atoms with Crippen LogP contribution in [0, 0.1) is 11.8 Å². The van der Waals surface area contributed by atoms with Gasteiger partial charge in [0.1, 0.15) is 0 Å². The van der Waals surface area contributed by atoms with Gasteiger partial charge in [0, 0.05) is 0 Å². The summed E-state index contributed by atoms with van der Waals surface area (Å²) in [6, 6.07) is 0. The molecule has 2 atom stereocenters. The van der Waals surface area contributed by atoms with Crippen LogP contribution in [0.1, 0.15) is 51.9 Å². The lowest BCUT2D eigenvalue weighted by Gasteiger charge is -2.22. The van der Waals surface area contributed by atoms with E-state index < -0.39 is 0 Å². The van der Waals surface area contributed by atoms with E-state index in [9.17, 15) is 5.11 Å². The Kier molecular flexibility index (Phi) is 2.16. The van der Waals surface area contributed by atoms with Crippen LogP contribution in [0.4, 0.5) is 0 Å². The van der Waals surface area contributed by atoms with Gasteiger partial charge in [0.15, 0.2) is 0 Å². The van der Waals surface area contributed by atoms with Gasteiger partial charge in [-0.2, -0.15) is 0 Å². The number of hydrogen-bond donors (Lipinski definition) is 1. The zero-order valence-corrected chi connectivity index (χ0v) is 8.05. The Morgan fingerprint density at radius 3 is 2.58 bits per heavy atom. The highest BCUT2D eigenvalue weighted by Gasteiger charge is 2.36. The smallest absolute Gasteiger partial charge is 0.0650 e. The summed E-state index contributed by atoms with van der Waals surface area (Å²) < 4.78 is 0. The second-order valence-corrected chi connectivity index (χ2v) is 5.05. The number of aliphatic hydroxyl groups is 1. The van der Waals surface area contributed by atoms with Gasteiger partial charge in [-0.1, -0.05) is 19.8 Å².